The summed E-state index contributed by atoms with van der Waals surface area (Å²) in [6.45, 7) is 0. The van der Waals surface area contributed by atoms with Crippen molar-refractivity contribution in [3.63, 3.8) is 0 Å². The lowest BCUT2D eigenvalue weighted by atomic mass is 10.3. The minimum atomic E-state index is 0.522. The number of hydrogen-bond donors (Lipinski definition) is 0. The first kappa shape index (κ1) is 8.58. The Labute approximate surface area is 95.1 Å². The van der Waals surface area contributed by atoms with Crippen molar-refractivity contribution in [1.82, 2.24) is 19.9 Å². The highest BCUT2D eigenvalue weighted by Crippen LogP contribution is 2.26. The number of hydrogen-bond acceptors (Lipinski definition) is 5. The SMILES string of the molecule is c1cc2nc3c(nc2cn1)oc1cnccc13. The fourth-order valence-corrected chi connectivity index (χ4v) is 1.90. The molecular formula is C12H6N4O. The van der Waals surface area contributed by atoms with E-state index in [1.165, 1.54) is 0 Å². The lowest BCUT2D eigenvalue weighted by Gasteiger charge is -1.94. The summed E-state index contributed by atoms with van der Waals surface area (Å²) in [4.78, 5) is 17.0. The third-order valence-corrected chi connectivity index (χ3v) is 2.68. The highest BCUT2D eigenvalue weighted by Gasteiger charge is 2.10. The second-order valence-electron chi connectivity index (χ2n) is 3.72. The Morgan fingerprint density at radius 1 is 0.882 bits per heavy atom. The summed E-state index contributed by atoms with van der Waals surface area (Å²) < 4.78 is 5.60. The van der Waals surface area contributed by atoms with Crippen molar-refractivity contribution < 1.29 is 4.42 Å². The Morgan fingerprint density at radius 3 is 2.76 bits per heavy atom. The molecule has 0 unspecified atom stereocenters. The first-order valence-electron chi connectivity index (χ1n) is 5.16. The second-order valence-corrected chi connectivity index (χ2v) is 3.72. The van der Waals surface area contributed by atoms with Crippen molar-refractivity contribution in [2.75, 3.05) is 0 Å². The Morgan fingerprint density at radius 2 is 1.76 bits per heavy atom. The van der Waals surface area contributed by atoms with E-state index in [2.05, 4.69) is 19.9 Å². The van der Waals surface area contributed by atoms with Gasteiger partial charge in [-0.1, -0.05) is 0 Å². The number of pyridine rings is 2. The maximum absolute atomic E-state index is 5.60. The van der Waals surface area contributed by atoms with Gasteiger partial charge in [0.25, 0.3) is 0 Å². The van der Waals surface area contributed by atoms with Gasteiger partial charge in [0.15, 0.2) is 5.58 Å². The monoisotopic (exact) mass is 222 g/mol. The van der Waals surface area contributed by atoms with Crippen LogP contribution in [-0.4, -0.2) is 19.9 Å². The topological polar surface area (TPSA) is 64.7 Å². The summed E-state index contributed by atoms with van der Waals surface area (Å²) in [6.07, 6.45) is 6.76. The first-order chi connectivity index (χ1) is 8.42. The van der Waals surface area contributed by atoms with Crippen molar-refractivity contribution >= 4 is 33.2 Å². The predicted octanol–water partition coefficient (Wildman–Crippen LogP) is 2.32. The fourth-order valence-electron chi connectivity index (χ4n) is 1.90. The molecule has 0 aromatic carbocycles. The van der Waals surface area contributed by atoms with E-state index in [0.717, 1.165) is 21.9 Å². The molecule has 4 aromatic rings. The van der Waals surface area contributed by atoms with Gasteiger partial charge in [0.1, 0.15) is 11.0 Å². The molecule has 0 atom stereocenters. The zero-order valence-electron chi connectivity index (χ0n) is 8.66. The summed E-state index contributed by atoms with van der Waals surface area (Å²) in [5, 5.41) is 0.932. The molecule has 0 saturated heterocycles. The molecule has 0 amide bonds. The van der Waals surface area contributed by atoms with Crippen LogP contribution < -0.4 is 0 Å². The van der Waals surface area contributed by atoms with Crippen LogP contribution >= 0.6 is 0 Å². The summed E-state index contributed by atoms with van der Waals surface area (Å²) in [5.74, 6) is 0. The van der Waals surface area contributed by atoms with Crippen LogP contribution in [0.1, 0.15) is 0 Å². The molecule has 5 heteroatoms. The van der Waals surface area contributed by atoms with E-state index in [1.807, 2.05) is 12.1 Å². The third-order valence-electron chi connectivity index (χ3n) is 2.68. The minimum absolute atomic E-state index is 0.522. The zero-order chi connectivity index (χ0) is 11.2. The van der Waals surface area contributed by atoms with Gasteiger partial charge in [0, 0.05) is 12.4 Å². The maximum atomic E-state index is 5.60. The molecule has 0 aliphatic carbocycles. The van der Waals surface area contributed by atoms with Gasteiger partial charge >= 0.3 is 0 Å². The van der Waals surface area contributed by atoms with Gasteiger partial charge in [-0.05, 0) is 12.1 Å². The van der Waals surface area contributed by atoms with E-state index in [9.17, 15) is 0 Å². The number of fused-ring (bicyclic) bond motifs is 4. The van der Waals surface area contributed by atoms with Crippen LogP contribution in [0.15, 0.2) is 41.3 Å². The Bertz CT molecular complexity index is 847. The molecule has 4 heterocycles. The average molecular weight is 222 g/mol. The van der Waals surface area contributed by atoms with Crippen LogP contribution in [0.2, 0.25) is 0 Å². The third kappa shape index (κ3) is 1.13. The molecule has 0 bridgehead atoms. The predicted molar refractivity (Wildman–Crippen MR) is 62.4 cm³/mol. The number of nitrogens with zero attached hydrogens (tertiary/aromatic N) is 4. The van der Waals surface area contributed by atoms with Crippen molar-refractivity contribution in [2.45, 2.75) is 0 Å². The molecule has 80 valence electrons. The Kier molecular flexibility index (Phi) is 1.50. The van der Waals surface area contributed by atoms with E-state index in [4.69, 9.17) is 4.42 Å². The van der Waals surface area contributed by atoms with Gasteiger partial charge in [-0.15, -0.1) is 0 Å². The molecule has 0 aliphatic heterocycles. The minimum Gasteiger partial charge on any atom is -0.435 e. The second kappa shape index (κ2) is 2.98. The van der Waals surface area contributed by atoms with Crippen LogP contribution in [0.3, 0.4) is 0 Å². The van der Waals surface area contributed by atoms with E-state index < -0.39 is 0 Å². The van der Waals surface area contributed by atoms with Gasteiger partial charge in [-0.25, -0.2) is 9.97 Å². The lowest BCUT2D eigenvalue weighted by molar-refractivity contribution is 0.653. The van der Waals surface area contributed by atoms with Crippen molar-refractivity contribution in [2.24, 2.45) is 0 Å². The van der Waals surface area contributed by atoms with Gasteiger partial charge in [-0.3, -0.25) is 9.97 Å². The van der Waals surface area contributed by atoms with E-state index in [-0.39, 0.29) is 0 Å². The maximum Gasteiger partial charge on any atom is 0.247 e. The Hall–Kier alpha value is -2.56. The van der Waals surface area contributed by atoms with Gasteiger partial charge < -0.3 is 4.42 Å². The molecule has 0 fully saturated rings. The van der Waals surface area contributed by atoms with Crippen LogP contribution in [-0.2, 0) is 0 Å². The Balaban J connectivity index is 2.28. The largest absolute Gasteiger partial charge is 0.435 e. The molecule has 0 radical (unpaired) electrons. The number of furan rings is 1. The van der Waals surface area contributed by atoms with Crippen LogP contribution in [0.5, 0.6) is 0 Å². The zero-order valence-corrected chi connectivity index (χ0v) is 8.66. The smallest absolute Gasteiger partial charge is 0.247 e. The highest BCUT2D eigenvalue weighted by molar-refractivity contribution is 6.02. The van der Waals surface area contributed by atoms with Gasteiger partial charge in [-0.2, -0.15) is 0 Å². The van der Waals surface area contributed by atoms with E-state index in [1.54, 1.807) is 24.8 Å². The summed E-state index contributed by atoms with van der Waals surface area (Å²) >= 11 is 0. The summed E-state index contributed by atoms with van der Waals surface area (Å²) in [5.41, 5.74) is 3.53. The van der Waals surface area contributed by atoms with E-state index >= 15 is 0 Å². The molecule has 0 N–H and O–H groups in total. The molecular weight excluding hydrogens is 216 g/mol. The van der Waals surface area contributed by atoms with Crippen molar-refractivity contribution in [1.29, 1.82) is 0 Å². The van der Waals surface area contributed by atoms with Gasteiger partial charge in [0.05, 0.1) is 23.3 Å². The number of aromatic nitrogens is 4. The van der Waals surface area contributed by atoms with Crippen LogP contribution in [0.4, 0.5) is 0 Å². The molecule has 0 saturated carbocycles. The lowest BCUT2D eigenvalue weighted by Crippen LogP contribution is -1.85. The average Bonchev–Trinajstić information content (AvgIpc) is 2.73. The quantitative estimate of drug-likeness (QED) is 0.456. The molecule has 17 heavy (non-hydrogen) atoms. The fraction of sp³-hybridized carbons (Fsp3) is 0. The summed E-state index contributed by atoms with van der Waals surface area (Å²) in [6, 6.07) is 3.71. The summed E-state index contributed by atoms with van der Waals surface area (Å²) in [7, 11) is 0. The highest BCUT2D eigenvalue weighted by atomic mass is 16.3. The molecule has 4 aromatic heterocycles. The van der Waals surface area contributed by atoms with Crippen molar-refractivity contribution in [3.8, 4) is 0 Å². The van der Waals surface area contributed by atoms with Gasteiger partial charge in [0.2, 0.25) is 5.71 Å². The standard InChI is InChI=1S/C12H6N4O/c1-3-14-6-10-7(1)11-12(17-10)16-9-5-13-4-2-8(9)15-11/h1-6H. The normalized spacial score (nSPS) is 11.5. The van der Waals surface area contributed by atoms with Crippen LogP contribution in [0, 0.1) is 0 Å². The molecule has 0 aliphatic rings. The van der Waals surface area contributed by atoms with E-state index in [0.29, 0.717) is 11.3 Å². The first-order valence-corrected chi connectivity index (χ1v) is 5.16. The van der Waals surface area contributed by atoms with Crippen molar-refractivity contribution in [3.05, 3.63) is 36.9 Å². The molecule has 5 nitrogen and oxygen atoms in total. The molecule has 4 rings (SSSR count). The number of rotatable bonds is 0. The van der Waals surface area contributed by atoms with Crippen LogP contribution in [0.25, 0.3) is 33.2 Å². The molecule has 0 spiro atoms.